The van der Waals surface area contributed by atoms with Gasteiger partial charge >= 0.3 is 0 Å². The Morgan fingerprint density at radius 2 is 1.97 bits per heavy atom. The van der Waals surface area contributed by atoms with Gasteiger partial charge in [0.15, 0.2) is 11.8 Å². The van der Waals surface area contributed by atoms with Gasteiger partial charge in [0.1, 0.15) is 5.75 Å². The topological polar surface area (TPSA) is 76.5 Å². The third-order valence-electron chi connectivity index (χ3n) is 5.03. The summed E-state index contributed by atoms with van der Waals surface area (Å²) >= 11 is 1.54. The number of aromatic nitrogens is 2. The van der Waals surface area contributed by atoms with Gasteiger partial charge in [-0.3, -0.25) is 14.2 Å². The number of imidazole rings is 1. The van der Waals surface area contributed by atoms with Gasteiger partial charge in [-0.2, -0.15) is 0 Å². The first-order chi connectivity index (χ1) is 15.4. The Morgan fingerprint density at radius 3 is 2.69 bits per heavy atom. The minimum Gasteiger partial charge on any atom is -0.483 e. The standard InChI is InChI=1S/C24H28N4O3S/c1-5-20(19-11-6-7-12-21(19)31-16-22(29)27(2)3)26-23(30)17-9-8-10-18(15-17)28-14-13-25-24(28)32-4/h6-15,20H,5,16H2,1-4H3,(H,26,30). The summed E-state index contributed by atoms with van der Waals surface area (Å²) < 4.78 is 7.72. The number of thioether (sulfide) groups is 1. The summed E-state index contributed by atoms with van der Waals surface area (Å²) in [5.41, 5.74) is 2.27. The van der Waals surface area contributed by atoms with Crippen LogP contribution in [0.5, 0.6) is 5.75 Å². The number of hydrogen-bond donors (Lipinski definition) is 1. The Morgan fingerprint density at radius 1 is 1.19 bits per heavy atom. The molecule has 0 saturated heterocycles. The fraction of sp³-hybridized carbons (Fsp3) is 0.292. The number of benzene rings is 2. The zero-order chi connectivity index (χ0) is 23.1. The molecule has 0 aliphatic carbocycles. The Labute approximate surface area is 192 Å². The number of likely N-dealkylation sites (N-methyl/N-ethyl adjacent to an activating group) is 1. The predicted molar refractivity (Wildman–Crippen MR) is 126 cm³/mol. The van der Waals surface area contributed by atoms with Gasteiger partial charge in [0.05, 0.1) is 6.04 Å². The first-order valence-electron chi connectivity index (χ1n) is 10.3. The molecule has 1 atom stereocenters. The predicted octanol–water partition coefficient (Wildman–Crippen LogP) is 3.94. The molecule has 1 aromatic heterocycles. The van der Waals surface area contributed by atoms with Crippen molar-refractivity contribution >= 4 is 23.6 Å². The van der Waals surface area contributed by atoms with Crippen LogP contribution in [0.25, 0.3) is 5.69 Å². The molecule has 0 aliphatic rings. The number of amides is 2. The minimum atomic E-state index is -0.258. The summed E-state index contributed by atoms with van der Waals surface area (Å²) in [5.74, 6) is 0.285. The first-order valence-corrected chi connectivity index (χ1v) is 11.6. The lowest BCUT2D eigenvalue weighted by Gasteiger charge is -2.21. The highest BCUT2D eigenvalue weighted by Gasteiger charge is 2.19. The van der Waals surface area contributed by atoms with Crippen molar-refractivity contribution in [2.75, 3.05) is 27.0 Å². The molecule has 1 heterocycles. The van der Waals surface area contributed by atoms with Crippen LogP contribution in [0, 0.1) is 0 Å². The zero-order valence-corrected chi connectivity index (χ0v) is 19.6. The first kappa shape index (κ1) is 23.4. The van der Waals surface area contributed by atoms with Crippen molar-refractivity contribution in [3.8, 4) is 11.4 Å². The molecular formula is C24H28N4O3S. The molecule has 3 aromatic rings. The minimum absolute atomic E-state index is 0.0564. The Hall–Kier alpha value is -3.26. The van der Waals surface area contributed by atoms with E-state index >= 15 is 0 Å². The third kappa shape index (κ3) is 5.50. The van der Waals surface area contributed by atoms with Crippen molar-refractivity contribution < 1.29 is 14.3 Å². The molecule has 7 nitrogen and oxygen atoms in total. The van der Waals surface area contributed by atoms with Crippen molar-refractivity contribution in [2.45, 2.75) is 24.5 Å². The monoisotopic (exact) mass is 452 g/mol. The number of nitrogens with one attached hydrogen (secondary N) is 1. The highest BCUT2D eigenvalue weighted by Crippen LogP contribution is 2.28. The number of carbonyl (C=O) groups is 2. The lowest BCUT2D eigenvalue weighted by atomic mass is 10.0. The zero-order valence-electron chi connectivity index (χ0n) is 18.7. The normalized spacial score (nSPS) is 11.6. The molecule has 0 aliphatic heterocycles. The van der Waals surface area contributed by atoms with Gasteiger partial charge in [-0.25, -0.2) is 4.98 Å². The van der Waals surface area contributed by atoms with Gasteiger partial charge in [-0.1, -0.05) is 43.0 Å². The number of hydrogen-bond acceptors (Lipinski definition) is 5. The van der Waals surface area contributed by atoms with Crippen LogP contribution >= 0.6 is 11.8 Å². The fourth-order valence-corrected chi connectivity index (χ4v) is 3.77. The molecule has 0 saturated carbocycles. The Bertz CT molecular complexity index is 1080. The van der Waals surface area contributed by atoms with Crippen LogP contribution in [0.1, 0.15) is 35.3 Å². The maximum Gasteiger partial charge on any atom is 0.259 e. The van der Waals surface area contributed by atoms with E-state index in [-0.39, 0.29) is 24.5 Å². The largest absolute Gasteiger partial charge is 0.483 e. The van der Waals surface area contributed by atoms with Gasteiger partial charge < -0.3 is 15.0 Å². The molecule has 2 aromatic carbocycles. The number of para-hydroxylation sites is 1. The molecule has 0 fully saturated rings. The van der Waals surface area contributed by atoms with E-state index in [0.717, 1.165) is 16.4 Å². The van der Waals surface area contributed by atoms with Crippen LogP contribution < -0.4 is 10.1 Å². The Balaban J connectivity index is 1.79. The van der Waals surface area contributed by atoms with E-state index in [1.165, 1.54) is 4.90 Å². The van der Waals surface area contributed by atoms with E-state index in [1.54, 1.807) is 38.1 Å². The van der Waals surface area contributed by atoms with E-state index in [2.05, 4.69) is 10.3 Å². The lowest BCUT2D eigenvalue weighted by molar-refractivity contribution is -0.130. The molecule has 32 heavy (non-hydrogen) atoms. The second kappa shape index (κ2) is 10.9. The number of carbonyl (C=O) groups excluding carboxylic acids is 2. The van der Waals surface area contributed by atoms with E-state index in [4.69, 9.17) is 4.74 Å². The molecule has 8 heteroatoms. The van der Waals surface area contributed by atoms with Crippen LogP contribution in [-0.4, -0.2) is 53.2 Å². The quantitative estimate of drug-likeness (QED) is 0.498. The van der Waals surface area contributed by atoms with Gasteiger partial charge in [0.2, 0.25) is 0 Å². The lowest BCUT2D eigenvalue weighted by Crippen LogP contribution is -2.30. The van der Waals surface area contributed by atoms with E-state index in [0.29, 0.717) is 17.7 Å². The average molecular weight is 453 g/mol. The maximum absolute atomic E-state index is 13.1. The summed E-state index contributed by atoms with van der Waals surface area (Å²) in [6, 6.07) is 14.7. The third-order valence-corrected chi connectivity index (χ3v) is 5.70. The van der Waals surface area contributed by atoms with Gasteiger partial charge in [0.25, 0.3) is 11.8 Å². The highest BCUT2D eigenvalue weighted by atomic mass is 32.2. The van der Waals surface area contributed by atoms with Crippen LogP contribution in [-0.2, 0) is 4.79 Å². The van der Waals surface area contributed by atoms with Crippen molar-refractivity contribution in [1.82, 2.24) is 19.8 Å². The fourth-order valence-electron chi connectivity index (χ4n) is 3.24. The molecular weight excluding hydrogens is 424 g/mol. The molecule has 3 rings (SSSR count). The molecule has 168 valence electrons. The number of nitrogens with zero attached hydrogens (tertiary/aromatic N) is 3. The number of rotatable bonds is 9. The molecule has 0 bridgehead atoms. The van der Waals surface area contributed by atoms with Gasteiger partial charge in [-0.15, -0.1) is 0 Å². The smallest absolute Gasteiger partial charge is 0.259 e. The van der Waals surface area contributed by atoms with E-state index in [9.17, 15) is 9.59 Å². The molecule has 1 N–H and O–H groups in total. The second-order valence-corrected chi connectivity index (χ2v) is 8.16. The number of ether oxygens (including phenoxy) is 1. The van der Waals surface area contributed by atoms with Crippen molar-refractivity contribution in [3.05, 3.63) is 72.1 Å². The summed E-state index contributed by atoms with van der Waals surface area (Å²) in [6.07, 6.45) is 6.25. The summed E-state index contributed by atoms with van der Waals surface area (Å²) in [5, 5.41) is 3.96. The molecule has 0 radical (unpaired) electrons. The maximum atomic E-state index is 13.1. The van der Waals surface area contributed by atoms with E-state index in [1.807, 2.05) is 66.4 Å². The summed E-state index contributed by atoms with van der Waals surface area (Å²) in [6.45, 7) is 1.94. The Kier molecular flexibility index (Phi) is 7.94. The molecule has 1 unspecified atom stereocenters. The summed E-state index contributed by atoms with van der Waals surface area (Å²) in [7, 11) is 3.37. The highest BCUT2D eigenvalue weighted by molar-refractivity contribution is 7.98. The SMILES string of the molecule is CCC(NC(=O)c1cccc(-n2ccnc2SC)c1)c1ccccc1OCC(=O)N(C)C. The molecule has 2 amide bonds. The van der Waals surface area contributed by atoms with Crippen LogP contribution in [0.2, 0.25) is 0 Å². The van der Waals surface area contributed by atoms with E-state index < -0.39 is 0 Å². The van der Waals surface area contributed by atoms with Crippen LogP contribution in [0.3, 0.4) is 0 Å². The van der Waals surface area contributed by atoms with Crippen LogP contribution in [0.15, 0.2) is 66.1 Å². The average Bonchev–Trinajstić information content (AvgIpc) is 3.30. The van der Waals surface area contributed by atoms with Crippen molar-refractivity contribution in [2.24, 2.45) is 0 Å². The molecule has 0 spiro atoms. The van der Waals surface area contributed by atoms with Gasteiger partial charge in [-0.05, 0) is 36.9 Å². The van der Waals surface area contributed by atoms with Gasteiger partial charge in [0, 0.05) is 43.3 Å². The van der Waals surface area contributed by atoms with Crippen molar-refractivity contribution in [1.29, 1.82) is 0 Å². The van der Waals surface area contributed by atoms with Crippen molar-refractivity contribution in [3.63, 3.8) is 0 Å². The summed E-state index contributed by atoms with van der Waals surface area (Å²) in [4.78, 5) is 30.8. The second-order valence-electron chi connectivity index (χ2n) is 7.38. The van der Waals surface area contributed by atoms with Crippen LogP contribution in [0.4, 0.5) is 0 Å².